The Morgan fingerprint density at radius 1 is 1.33 bits per heavy atom. The van der Waals surface area contributed by atoms with Gasteiger partial charge in [0.05, 0.1) is 18.5 Å². The molecule has 0 fully saturated rings. The first-order chi connectivity index (χ1) is 10.2. The number of aliphatic hydroxyl groups excluding tert-OH is 1. The molecule has 2 aromatic heterocycles. The van der Waals surface area contributed by atoms with Gasteiger partial charge in [0.25, 0.3) is 5.91 Å². The molecule has 2 heterocycles. The zero-order chi connectivity index (χ0) is 15.1. The lowest BCUT2D eigenvalue weighted by Crippen LogP contribution is -2.13. The van der Waals surface area contributed by atoms with E-state index in [2.05, 4.69) is 27.1 Å². The molecule has 0 unspecified atom stereocenters. The first-order valence-corrected chi connectivity index (χ1v) is 6.48. The summed E-state index contributed by atoms with van der Waals surface area (Å²) in [7, 11) is 0. The summed E-state index contributed by atoms with van der Waals surface area (Å²) in [4.78, 5) is 20.1. The van der Waals surface area contributed by atoms with E-state index in [0.29, 0.717) is 23.4 Å². The van der Waals surface area contributed by atoms with E-state index in [1.54, 1.807) is 24.5 Å². The molecule has 0 spiro atoms. The van der Waals surface area contributed by atoms with E-state index in [9.17, 15) is 4.79 Å². The maximum absolute atomic E-state index is 12.0. The molecule has 2 rings (SSSR count). The average Bonchev–Trinajstić information content (AvgIpc) is 2.48. The number of carbonyl (C=O) groups is 1. The van der Waals surface area contributed by atoms with Gasteiger partial charge in [-0.05, 0) is 30.7 Å². The van der Waals surface area contributed by atoms with Crippen molar-refractivity contribution in [1.82, 2.24) is 9.97 Å². The number of carbonyl (C=O) groups excluding carboxylic acids is 1. The molecule has 106 valence electrons. The van der Waals surface area contributed by atoms with Gasteiger partial charge < -0.3 is 10.4 Å². The Labute approximate surface area is 123 Å². The minimum Gasteiger partial charge on any atom is -0.395 e. The van der Waals surface area contributed by atoms with E-state index in [4.69, 9.17) is 5.11 Å². The molecule has 0 aliphatic rings. The molecule has 0 saturated carbocycles. The number of hydrogen-bond acceptors (Lipinski definition) is 4. The molecular formula is C16H15N3O2. The number of nitrogens with zero attached hydrogens (tertiary/aromatic N) is 2. The number of aryl methyl sites for hydroxylation is 1. The summed E-state index contributed by atoms with van der Waals surface area (Å²) in [6.07, 6.45) is 5.25. The van der Waals surface area contributed by atoms with Crippen LogP contribution in [0.15, 0.2) is 36.8 Å². The van der Waals surface area contributed by atoms with Gasteiger partial charge in [-0.15, -0.1) is 0 Å². The number of aliphatic hydroxyl groups is 1. The van der Waals surface area contributed by atoms with Crippen molar-refractivity contribution in [2.24, 2.45) is 0 Å². The van der Waals surface area contributed by atoms with Gasteiger partial charge in [-0.1, -0.05) is 11.8 Å². The van der Waals surface area contributed by atoms with E-state index in [-0.39, 0.29) is 12.5 Å². The maximum atomic E-state index is 12.0. The Kier molecular flexibility index (Phi) is 5.02. The fraction of sp³-hybridized carbons (Fsp3) is 0.188. The highest BCUT2D eigenvalue weighted by Crippen LogP contribution is 2.09. The van der Waals surface area contributed by atoms with Crippen molar-refractivity contribution in [3.8, 4) is 11.8 Å². The first kappa shape index (κ1) is 14.7. The largest absolute Gasteiger partial charge is 0.395 e. The lowest BCUT2D eigenvalue weighted by atomic mass is 10.2. The molecule has 0 aliphatic carbocycles. The summed E-state index contributed by atoms with van der Waals surface area (Å²) in [5.41, 5.74) is 2.62. The van der Waals surface area contributed by atoms with Gasteiger partial charge in [-0.2, -0.15) is 0 Å². The smallest absolute Gasteiger partial charge is 0.274 e. The highest BCUT2D eigenvalue weighted by atomic mass is 16.2. The van der Waals surface area contributed by atoms with Gasteiger partial charge >= 0.3 is 0 Å². The van der Waals surface area contributed by atoms with Gasteiger partial charge in [0.15, 0.2) is 0 Å². The van der Waals surface area contributed by atoms with Crippen LogP contribution in [0.1, 0.15) is 28.0 Å². The molecule has 2 N–H and O–H groups in total. The molecule has 5 heteroatoms. The molecule has 0 atom stereocenters. The van der Waals surface area contributed by atoms with Crippen molar-refractivity contribution in [3.05, 3.63) is 53.6 Å². The third kappa shape index (κ3) is 4.41. The fourth-order valence-electron chi connectivity index (χ4n) is 1.64. The van der Waals surface area contributed by atoms with E-state index in [1.807, 2.05) is 13.0 Å². The number of amides is 1. The first-order valence-electron chi connectivity index (χ1n) is 6.48. The van der Waals surface area contributed by atoms with Gasteiger partial charge in [-0.3, -0.25) is 9.78 Å². The van der Waals surface area contributed by atoms with Crippen LogP contribution in [0.2, 0.25) is 0 Å². The Balaban J connectivity index is 2.05. The Bertz CT molecular complexity index is 685. The summed E-state index contributed by atoms with van der Waals surface area (Å²) >= 11 is 0. The van der Waals surface area contributed by atoms with Crippen molar-refractivity contribution in [2.45, 2.75) is 13.3 Å². The monoisotopic (exact) mass is 281 g/mol. The van der Waals surface area contributed by atoms with Gasteiger partial charge in [0.1, 0.15) is 5.69 Å². The van der Waals surface area contributed by atoms with Crippen LogP contribution in [0.4, 0.5) is 5.69 Å². The van der Waals surface area contributed by atoms with E-state index in [0.717, 1.165) is 5.56 Å². The number of pyridine rings is 2. The van der Waals surface area contributed by atoms with Gasteiger partial charge in [-0.25, -0.2) is 4.98 Å². The topological polar surface area (TPSA) is 75.1 Å². The molecule has 0 aliphatic heterocycles. The quantitative estimate of drug-likeness (QED) is 0.841. The molecule has 0 radical (unpaired) electrons. The predicted octanol–water partition coefficient (Wildman–Crippen LogP) is 1.77. The van der Waals surface area contributed by atoms with Crippen LogP contribution in [-0.2, 0) is 0 Å². The molecule has 0 saturated heterocycles. The second kappa shape index (κ2) is 7.17. The molecule has 21 heavy (non-hydrogen) atoms. The van der Waals surface area contributed by atoms with E-state index in [1.165, 1.54) is 6.20 Å². The number of rotatable bonds is 3. The van der Waals surface area contributed by atoms with Crippen LogP contribution in [-0.4, -0.2) is 27.6 Å². The van der Waals surface area contributed by atoms with Crippen LogP contribution < -0.4 is 5.32 Å². The summed E-state index contributed by atoms with van der Waals surface area (Å²) in [5, 5.41) is 11.4. The van der Waals surface area contributed by atoms with Crippen LogP contribution in [0.25, 0.3) is 0 Å². The highest BCUT2D eigenvalue weighted by Gasteiger charge is 2.07. The molecular weight excluding hydrogens is 266 g/mol. The zero-order valence-corrected chi connectivity index (χ0v) is 11.6. The summed E-state index contributed by atoms with van der Waals surface area (Å²) in [6.45, 7) is 1.94. The van der Waals surface area contributed by atoms with Gasteiger partial charge in [0, 0.05) is 24.4 Å². The van der Waals surface area contributed by atoms with E-state index >= 15 is 0 Å². The summed E-state index contributed by atoms with van der Waals surface area (Å²) < 4.78 is 0. The zero-order valence-electron chi connectivity index (χ0n) is 11.6. The lowest BCUT2D eigenvalue weighted by molar-refractivity contribution is 0.102. The second-order valence-corrected chi connectivity index (χ2v) is 4.41. The second-order valence-electron chi connectivity index (χ2n) is 4.41. The lowest BCUT2D eigenvalue weighted by Gasteiger charge is -2.04. The third-order valence-electron chi connectivity index (χ3n) is 2.60. The minimum atomic E-state index is -0.294. The Hall–Kier alpha value is -2.71. The van der Waals surface area contributed by atoms with Crippen molar-refractivity contribution >= 4 is 11.6 Å². The third-order valence-corrected chi connectivity index (χ3v) is 2.60. The summed E-state index contributed by atoms with van der Waals surface area (Å²) in [5.74, 6) is 5.36. The number of anilines is 1. The predicted molar refractivity (Wildman–Crippen MR) is 79.7 cm³/mol. The summed E-state index contributed by atoms with van der Waals surface area (Å²) in [6, 6.07) is 5.17. The van der Waals surface area contributed by atoms with Gasteiger partial charge in [0.2, 0.25) is 0 Å². The average molecular weight is 281 g/mol. The highest BCUT2D eigenvalue weighted by molar-refractivity contribution is 6.02. The molecule has 2 aromatic rings. The molecule has 0 bridgehead atoms. The minimum absolute atomic E-state index is 0.0332. The normalized spacial score (nSPS) is 9.62. The fourth-order valence-corrected chi connectivity index (χ4v) is 1.64. The van der Waals surface area contributed by atoms with Crippen molar-refractivity contribution in [2.75, 3.05) is 11.9 Å². The van der Waals surface area contributed by atoms with Crippen molar-refractivity contribution in [1.29, 1.82) is 0 Å². The number of nitrogens with one attached hydrogen (secondary N) is 1. The SMILES string of the molecule is Cc1cncc(NC(=O)c2ccc(C#CCCO)cn2)c1. The van der Waals surface area contributed by atoms with Crippen LogP contribution in [0, 0.1) is 18.8 Å². The number of hydrogen-bond donors (Lipinski definition) is 2. The molecule has 0 aromatic carbocycles. The standard InChI is InChI=1S/C16H15N3O2/c1-12-8-14(11-17-9-12)19-16(21)15-6-5-13(10-18-15)4-2-3-7-20/h5-6,8-11,20H,3,7H2,1H3,(H,19,21). The Morgan fingerprint density at radius 2 is 2.19 bits per heavy atom. The maximum Gasteiger partial charge on any atom is 0.274 e. The van der Waals surface area contributed by atoms with E-state index < -0.39 is 0 Å². The van der Waals surface area contributed by atoms with Crippen LogP contribution in [0.3, 0.4) is 0 Å². The van der Waals surface area contributed by atoms with Crippen molar-refractivity contribution in [3.63, 3.8) is 0 Å². The number of aromatic nitrogens is 2. The molecule has 1 amide bonds. The Morgan fingerprint density at radius 3 is 2.86 bits per heavy atom. The van der Waals surface area contributed by atoms with Crippen LogP contribution >= 0.6 is 0 Å². The van der Waals surface area contributed by atoms with Crippen molar-refractivity contribution < 1.29 is 9.90 Å². The molecule has 5 nitrogen and oxygen atoms in total. The van der Waals surface area contributed by atoms with Crippen LogP contribution in [0.5, 0.6) is 0 Å².